The average molecular weight is 168 g/mol. The molecular weight excluding hydrogens is 156 g/mol. The molecule has 0 spiro atoms. The SMILES string of the molecule is CC(Cc1ccco1)C(=O)NN. The minimum atomic E-state index is -0.175. The highest BCUT2D eigenvalue weighted by Gasteiger charge is 2.12. The molecule has 0 fully saturated rings. The van der Waals surface area contributed by atoms with Gasteiger partial charge in [-0.3, -0.25) is 10.2 Å². The van der Waals surface area contributed by atoms with Crippen LogP contribution in [-0.2, 0) is 11.2 Å². The quantitative estimate of drug-likeness (QED) is 0.391. The van der Waals surface area contributed by atoms with Crippen LogP contribution in [0.15, 0.2) is 22.8 Å². The van der Waals surface area contributed by atoms with Gasteiger partial charge in [0.25, 0.3) is 0 Å². The predicted molar refractivity (Wildman–Crippen MR) is 43.9 cm³/mol. The van der Waals surface area contributed by atoms with E-state index in [1.54, 1.807) is 19.3 Å². The number of nitrogens with one attached hydrogen (secondary N) is 1. The van der Waals surface area contributed by atoms with Gasteiger partial charge in [0.1, 0.15) is 5.76 Å². The predicted octanol–water partition coefficient (Wildman–Crippen LogP) is 0.448. The van der Waals surface area contributed by atoms with Gasteiger partial charge in [0.15, 0.2) is 0 Å². The summed E-state index contributed by atoms with van der Waals surface area (Å²) in [5.74, 6) is 5.44. The molecule has 3 N–H and O–H groups in total. The van der Waals surface area contributed by atoms with Crippen LogP contribution in [0.3, 0.4) is 0 Å². The summed E-state index contributed by atoms with van der Waals surface area (Å²) in [6.45, 7) is 1.80. The molecule has 0 radical (unpaired) electrons. The van der Waals surface area contributed by atoms with Crippen molar-refractivity contribution < 1.29 is 9.21 Å². The van der Waals surface area contributed by atoms with Crippen molar-refractivity contribution in [2.75, 3.05) is 0 Å². The van der Waals surface area contributed by atoms with Crippen molar-refractivity contribution in [2.24, 2.45) is 11.8 Å². The molecule has 1 amide bonds. The van der Waals surface area contributed by atoms with Crippen LogP contribution in [-0.4, -0.2) is 5.91 Å². The van der Waals surface area contributed by atoms with E-state index in [2.05, 4.69) is 5.43 Å². The van der Waals surface area contributed by atoms with Crippen LogP contribution in [0.25, 0.3) is 0 Å². The van der Waals surface area contributed by atoms with Gasteiger partial charge in [-0.25, -0.2) is 5.84 Å². The Balaban J connectivity index is 2.47. The Morgan fingerprint density at radius 1 is 1.83 bits per heavy atom. The van der Waals surface area contributed by atoms with E-state index in [-0.39, 0.29) is 11.8 Å². The van der Waals surface area contributed by atoms with Gasteiger partial charge in [-0.1, -0.05) is 6.92 Å². The zero-order chi connectivity index (χ0) is 8.97. The largest absolute Gasteiger partial charge is 0.469 e. The second-order valence-corrected chi connectivity index (χ2v) is 2.69. The third-order valence-corrected chi connectivity index (χ3v) is 1.68. The number of amides is 1. The first-order valence-corrected chi connectivity index (χ1v) is 3.77. The molecule has 0 aliphatic carbocycles. The summed E-state index contributed by atoms with van der Waals surface area (Å²) >= 11 is 0. The number of furan rings is 1. The van der Waals surface area contributed by atoms with Crippen molar-refractivity contribution in [1.29, 1.82) is 0 Å². The van der Waals surface area contributed by atoms with Gasteiger partial charge < -0.3 is 4.42 Å². The van der Waals surface area contributed by atoms with E-state index < -0.39 is 0 Å². The van der Waals surface area contributed by atoms with E-state index in [1.165, 1.54) is 0 Å². The van der Waals surface area contributed by atoms with Crippen molar-refractivity contribution in [3.8, 4) is 0 Å². The average Bonchev–Trinajstić information content (AvgIpc) is 2.55. The smallest absolute Gasteiger partial charge is 0.237 e. The molecule has 1 aromatic heterocycles. The Hall–Kier alpha value is -1.29. The lowest BCUT2D eigenvalue weighted by Crippen LogP contribution is -2.35. The number of hydrogen-bond donors (Lipinski definition) is 2. The summed E-state index contributed by atoms with van der Waals surface area (Å²) in [5, 5.41) is 0. The number of hydrazine groups is 1. The Bertz CT molecular complexity index is 244. The van der Waals surface area contributed by atoms with Crippen LogP contribution in [0.1, 0.15) is 12.7 Å². The summed E-state index contributed by atoms with van der Waals surface area (Å²) in [4.78, 5) is 11.0. The Morgan fingerprint density at radius 3 is 3.08 bits per heavy atom. The molecule has 0 aliphatic rings. The standard InChI is InChI=1S/C8H12N2O2/c1-6(8(11)10-9)5-7-3-2-4-12-7/h2-4,6H,5,9H2,1H3,(H,10,11). The molecule has 1 heterocycles. The fourth-order valence-corrected chi connectivity index (χ4v) is 0.965. The number of hydrogen-bond acceptors (Lipinski definition) is 3. The second-order valence-electron chi connectivity index (χ2n) is 2.69. The van der Waals surface area contributed by atoms with Crippen LogP contribution in [0.2, 0.25) is 0 Å². The topological polar surface area (TPSA) is 68.3 Å². The maximum absolute atomic E-state index is 11.0. The van der Waals surface area contributed by atoms with Crippen LogP contribution < -0.4 is 11.3 Å². The molecule has 0 bridgehead atoms. The van der Waals surface area contributed by atoms with Gasteiger partial charge in [-0.15, -0.1) is 0 Å². The molecule has 4 nitrogen and oxygen atoms in total. The van der Waals surface area contributed by atoms with E-state index in [1.807, 2.05) is 6.07 Å². The van der Waals surface area contributed by atoms with Crippen LogP contribution in [0, 0.1) is 5.92 Å². The summed E-state index contributed by atoms with van der Waals surface area (Å²) in [6.07, 6.45) is 2.17. The van der Waals surface area contributed by atoms with Gasteiger partial charge >= 0.3 is 0 Å². The van der Waals surface area contributed by atoms with Crippen LogP contribution in [0.5, 0.6) is 0 Å². The lowest BCUT2D eigenvalue weighted by molar-refractivity contribution is -0.124. The van der Waals surface area contributed by atoms with E-state index in [9.17, 15) is 4.79 Å². The van der Waals surface area contributed by atoms with Gasteiger partial charge in [-0.2, -0.15) is 0 Å². The van der Waals surface area contributed by atoms with E-state index >= 15 is 0 Å². The number of rotatable bonds is 3. The maximum atomic E-state index is 11.0. The zero-order valence-corrected chi connectivity index (χ0v) is 6.91. The molecule has 1 aromatic rings. The highest BCUT2D eigenvalue weighted by Crippen LogP contribution is 2.08. The molecule has 0 aromatic carbocycles. The molecule has 12 heavy (non-hydrogen) atoms. The molecule has 1 unspecified atom stereocenters. The van der Waals surface area contributed by atoms with Gasteiger partial charge in [0, 0.05) is 12.3 Å². The van der Waals surface area contributed by atoms with Crippen molar-refractivity contribution in [2.45, 2.75) is 13.3 Å². The highest BCUT2D eigenvalue weighted by atomic mass is 16.3. The first-order valence-electron chi connectivity index (χ1n) is 3.77. The van der Waals surface area contributed by atoms with Crippen LogP contribution >= 0.6 is 0 Å². The third kappa shape index (κ3) is 2.10. The first kappa shape index (κ1) is 8.80. The maximum Gasteiger partial charge on any atom is 0.237 e. The number of carbonyl (C=O) groups is 1. The van der Waals surface area contributed by atoms with E-state index in [4.69, 9.17) is 10.3 Å². The third-order valence-electron chi connectivity index (χ3n) is 1.68. The van der Waals surface area contributed by atoms with Gasteiger partial charge in [0.05, 0.1) is 6.26 Å². The Kier molecular flexibility index (Phi) is 2.88. The molecule has 4 heteroatoms. The Morgan fingerprint density at radius 2 is 2.58 bits per heavy atom. The van der Waals surface area contributed by atoms with Gasteiger partial charge in [-0.05, 0) is 12.1 Å². The Labute approximate surface area is 70.7 Å². The van der Waals surface area contributed by atoms with Crippen molar-refractivity contribution in [1.82, 2.24) is 5.43 Å². The lowest BCUT2D eigenvalue weighted by atomic mass is 10.1. The molecule has 1 rings (SSSR count). The second kappa shape index (κ2) is 3.92. The minimum Gasteiger partial charge on any atom is -0.469 e. The van der Waals surface area contributed by atoms with E-state index in [0.29, 0.717) is 6.42 Å². The van der Waals surface area contributed by atoms with Crippen LogP contribution in [0.4, 0.5) is 0 Å². The number of carbonyl (C=O) groups excluding carboxylic acids is 1. The normalized spacial score (nSPS) is 12.5. The summed E-state index contributed by atoms with van der Waals surface area (Å²) in [6, 6.07) is 3.63. The van der Waals surface area contributed by atoms with E-state index in [0.717, 1.165) is 5.76 Å². The summed E-state index contributed by atoms with van der Waals surface area (Å²) < 4.78 is 5.08. The fraction of sp³-hybridized carbons (Fsp3) is 0.375. The minimum absolute atomic E-state index is 0.152. The van der Waals surface area contributed by atoms with Gasteiger partial charge in [0.2, 0.25) is 5.91 Å². The monoisotopic (exact) mass is 168 g/mol. The first-order chi connectivity index (χ1) is 5.74. The fourth-order valence-electron chi connectivity index (χ4n) is 0.965. The summed E-state index contributed by atoms with van der Waals surface area (Å²) in [5.41, 5.74) is 2.10. The zero-order valence-electron chi connectivity index (χ0n) is 6.91. The molecule has 0 saturated carbocycles. The van der Waals surface area contributed by atoms with Crippen molar-refractivity contribution in [3.05, 3.63) is 24.2 Å². The van der Waals surface area contributed by atoms with Crippen molar-refractivity contribution >= 4 is 5.91 Å². The number of nitrogens with two attached hydrogens (primary N) is 1. The molecule has 1 atom stereocenters. The molecule has 0 aliphatic heterocycles. The lowest BCUT2D eigenvalue weighted by Gasteiger charge is -2.06. The molecular formula is C8H12N2O2. The highest BCUT2D eigenvalue weighted by molar-refractivity contribution is 5.77. The molecule has 66 valence electrons. The van der Waals surface area contributed by atoms with Crippen molar-refractivity contribution in [3.63, 3.8) is 0 Å². The summed E-state index contributed by atoms with van der Waals surface area (Å²) in [7, 11) is 0. The molecule has 0 saturated heterocycles.